The Morgan fingerprint density at radius 1 is 0.681 bits per heavy atom. The van der Waals surface area contributed by atoms with Gasteiger partial charge in [-0.25, -0.2) is 0 Å². The second-order valence-electron chi connectivity index (χ2n) is 14.3. The number of aromatic nitrogens is 3. The number of hydrogen-bond acceptors (Lipinski definition) is 5. The lowest BCUT2D eigenvalue weighted by atomic mass is 9.77. The number of thiophene rings is 2. The first-order valence-electron chi connectivity index (χ1n) is 17.1. The molecule has 0 spiro atoms. The molecule has 0 N–H and O–H groups in total. The molecule has 0 atom stereocenters. The molecule has 3 aromatic carbocycles. The lowest BCUT2D eigenvalue weighted by Gasteiger charge is -2.27. The minimum absolute atomic E-state index is 0.186. The summed E-state index contributed by atoms with van der Waals surface area (Å²) in [6, 6.07) is 28.2. The summed E-state index contributed by atoms with van der Waals surface area (Å²) in [7, 11) is 0. The molecule has 0 radical (unpaired) electrons. The number of rotatable bonds is 10. The maximum Gasteiger partial charge on any atom is 0.114 e. The van der Waals surface area contributed by atoms with Crippen LogP contribution in [-0.2, 0) is 10.8 Å². The fraction of sp³-hybridized carbons (Fsp3) is 0.366. The van der Waals surface area contributed by atoms with Gasteiger partial charge in [-0.3, -0.25) is 0 Å². The van der Waals surface area contributed by atoms with Crippen molar-refractivity contribution in [1.29, 1.82) is 0 Å². The Hall–Kier alpha value is -3.32. The van der Waals surface area contributed by atoms with Crippen LogP contribution in [0.15, 0.2) is 72.8 Å². The van der Waals surface area contributed by atoms with Crippen LogP contribution < -0.4 is 0 Å². The summed E-state index contributed by atoms with van der Waals surface area (Å²) in [5, 5.41) is 2.67. The summed E-state index contributed by atoms with van der Waals surface area (Å²) in [5.41, 5.74) is 10.1. The molecule has 7 aromatic rings. The van der Waals surface area contributed by atoms with Gasteiger partial charge in [0.1, 0.15) is 11.0 Å². The van der Waals surface area contributed by atoms with Gasteiger partial charge in [-0.05, 0) is 91.5 Å². The van der Waals surface area contributed by atoms with Crippen LogP contribution in [0, 0.1) is 0 Å². The second kappa shape index (κ2) is 12.3. The monoisotopic (exact) mass is 675 g/mol. The maximum atomic E-state index is 4.82. The van der Waals surface area contributed by atoms with Gasteiger partial charge in [0.15, 0.2) is 0 Å². The molecule has 7 rings (SSSR count). The van der Waals surface area contributed by atoms with Crippen molar-refractivity contribution in [3.8, 4) is 31.3 Å². The van der Waals surface area contributed by atoms with Crippen LogP contribution in [0.5, 0.6) is 0 Å². The van der Waals surface area contributed by atoms with Gasteiger partial charge < -0.3 is 4.57 Å². The summed E-state index contributed by atoms with van der Waals surface area (Å²) in [4.78, 5) is 5.21. The first-order chi connectivity index (χ1) is 22.6. The Morgan fingerprint density at radius 2 is 1.28 bits per heavy atom. The molecule has 4 aromatic heterocycles. The van der Waals surface area contributed by atoms with Crippen molar-refractivity contribution in [3.63, 3.8) is 0 Å². The number of hydrogen-bond donors (Lipinski definition) is 0. The zero-order valence-electron chi connectivity index (χ0n) is 28.9. The minimum atomic E-state index is 0.186. The average Bonchev–Trinajstić information content (AvgIpc) is 3.88. The Morgan fingerprint density at radius 3 is 1.91 bits per heavy atom. The van der Waals surface area contributed by atoms with E-state index in [1.807, 2.05) is 22.7 Å². The summed E-state index contributed by atoms with van der Waals surface area (Å²) in [6.45, 7) is 18.6. The molecule has 0 aliphatic rings. The van der Waals surface area contributed by atoms with Crippen LogP contribution in [-0.4, -0.2) is 13.3 Å². The largest absolute Gasteiger partial charge is 0.338 e. The molecule has 0 amide bonds. The predicted molar refractivity (Wildman–Crippen MR) is 209 cm³/mol. The molecule has 0 saturated heterocycles. The van der Waals surface area contributed by atoms with Crippen LogP contribution in [0.3, 0.4) is 0 Å². The van der Waals surface area contributed by atoms with Crippen LogP contribution in [0.25, 0.3) is 64.2 Å². The number of nitrogens with zero attached hydrogens (tertiary/aromatic N) is 3. The van der Waals surface area contributed by atoms with Crippen molar-refractivity contribution in [3.05, 3.63) is 83.2 Å². The highest BCUT2D eigenvalue weighted by molar-refractivity contribution is 7.19. The summed E-state index contributed by atoms with van der Waals surface area (Å²) < 4.78 is 12.2. The molecule has 4 heterocycles. The van der Waals surface area contributed by atoms with Crippen molar-refractivity contribution in [1.82, 2.24) is 13.3 Å². The molecule has 0 aliphatic heterocycles. The number of fused-ring (bicyclic) bond motifs is 4. The topological polar surface area (TPSA) is 30.7 Å². The summed E-state index contributed by atoms with van der Waals surface area (Å²) in [5.74, 6) is 0. The third-order valence-electron chi connectivity index (χ3n) is 10.6. The molecule has 0 fully saturated rings. The molecule has 0 aliphatic carbocycles. The van der Waals surface area contributed by atoms with Gasteiger partial charge >= 0.3 is 0 Å². The average molecular weight is 676 g/mol. The fourth-order valence-electron chi connectivity index (χ4n) is 7.29. The van der Waals surface area contributed by atoms with Crippen molar-refractivity contribution >= 4 is 67.2 Å². The van der Waals surface area contributed by atoms with E-state index >= 15 is 0 Å². The zero-order chi connectivity index (χ0) is 33.1. The van der Waals surface area contributed by atoms with Gasteiger partial charge in [0.2, 0.25) is 0 Å². The van der Waals surface area contributed by atoms with E-state index in [0.29, 0.717) is 6.04 Å². The Bertz CT molecular complexity index is 2220. The van der Waals surface area contributed by atoms with Gasteiger partial charge in [0.25, 0.3) is 0 Å². The Labute approximate surface area is 291 Å². The van der Waals surface area contributed by atoms with Crippen LogP contribution >= 0.6 is 34.4 Å². The smallest absolute Gasteiger partial charge is 0.114 e. The third kappa shape index (κ3) is 5.47. The van der Waals surface area contributed by atoms with Crippen molar-refractivity contribution in [2.24, 2.45) is 0 Å². The molecule has 242 valence electrons. The maximum absolute atomic E-state index is 4.82. The minimum Gasteiger partial charge on any atom is -0.338 e. The van der Waals surface area contributed by atoms with Gasteiger partial charge in [-0.1, -0.05) is 84.4 Å². The first kappa shape index (κ1) is 32.2. The summed E-state index contributed by atoms with van der Waals surface area (Å²) >= 11 is 5.06. The molecular weight excluding hydrogens is 631 g/mol. The highest BCUT2D eigenvalue weighted by atomic mass is 32.1. The quantitative estimate of drug-likeness (QED) is 0.144. The van der Waals surface area contributed by atoms with Crippen molar-refractivity contribution < 1.29 is 0 Å². The van der Waals surface area contributed by atoms with E-state index in [9.17, 15) is 0 Å². The van der Waals surface area contributed by atoms with Crippen LogP contribution in [0.4, 0.5) is 0 Å². The van der Waals surface area contributed by atoms with E-state index in [1.165, 1.54) is 82.6 Å². The predicted octanol–water partition coefficient (Wildman–Crippen LogP) is 13.7. The molecule has 0 bridgehead atoms. The van der Waals surface area contributed by atoms with E-state index in [2.05, 4.69) is 133 Å². The van der Waals surface area contributed by atoms with Crippen LogP contribution in [0.1, 0.15) is 97.6 Å². The highest BCUT2D eigenvalue weighted by Crippen LogP contribution is 2.44. The number of benzene rings is 3. The summed E-state index contributed by atoms with van der Waals surface area (Å²) in [6.07, 6.45) is 4.65. The van der Waals surface area contributed by atoms with Gasteiger partial charge in [0, 0.05) is 58.5 Å². The molecule has 47 heavy (non-hydrogen) atoms. The normalized spacial score (nSPS) is 12.8. The molecule has 3 nitrogen and oxygen atoms in total. The molecule has 6 heteroatoms. The van der Waals surface area contributed by atoms with Crippen molar-refractivity contribution in [2.75, 3.05) is 0 Å². The zero-order valence-corrected chi connectivity index (χ0v) is 31.3. The van der Waals surface area contributed by atoms with Gasteiger partial charge in [-0.15, -0.1) is 22.7 Å². The SMILES string of the molecule is CCCC(C)(C)c1ccc(-c2ccc(-c3ccc(-c4ccc5c6ccc(C(C)(CC)CC)cc6n(C(C)C)c5c4)s3)c3nsnc23)s1. The molecule has 0 unspecified atom stereocenters. The first-order valence-corrected chi connectivity index (χ1v) is 19.5. The van der Waals surface area contributed by atoms with Gasteiger partial charge in [-0.2, -0.15) is 8.75 Å². The van der Waals surface area contributed by atoms with E-state index in [4.69, 9.17) is 8.75 Å². The second-order valence-corrected chi connectivity index (χ2v) is 17.0. The van der Waals surface area contributed by atoms with E-state index in [0.717, 1.165) is 29.4 Å². The van der Waals surface area contributed by atoms with Crippen LogP contribution in [0.2, 0.25) is 0 Å². The van der Waals surface area contributed by atoms with E-state index in [-0.39, 0.29) is 10.8 Å². The lowest BCUT2D eigenvalue weighted by molar-refractivity contribution is 0.439. The fourth-order valence-corrected chi connectivity index (χ4v) is 10.1. The molecule has 0 saturated carbocycles. The Balaban J connectivity index is 1.27. The Kier molecular flexibility index (Phi) is 8.43. The van der Waals surface area contributed by atoms with Crippen molar-refractivity contribution in [2.45, 2.75) is 97.9 Å². The van der Waals surface area contributed by atoms with E-state index < -0.39 is 0 Å². The lowest BCUT2D eigenvalue weighted by Crippen LogP contribution is -2.19. The standard InChI is InChI=1S/C41H45N3S3/c1-9-22-40(6,7)37-21-20-36(46-37)31-17-16-30(38-39(31)43-47-42-38)35-19-18-34(45-35)26-12-14-28-29-15-13-27(41(8,10-2)11-3)24-33(29)44(25(4)5)32(28)23-26/h12-21,23-25H,9-11,22H2,1-8H3. The van der Waals surface area contributed by atoms with E-state index in [1.54, 1.807) is 0 Å². The molecular formula is C41H45N3S3. The third-order valence-corrected chi connectivity index (χ3v) is 13.7. The van der Waals surface area contributed by atoms with Gasteiger partial charge in [0.05, 0.1) is 11.7 Å². The highest BCUT2D eigenvalue weighted by Gasteiger charge is 2.25.